The molecule has 0 N–H and O–H groups in total. The second-order valence-corrected chi connectivity index (χ2v) is 10.9. The van der Waals surface area contributed by atoms with Crippen LogP contribution < -0.4 is 5.11 Å². The third-order valence-electron chi connectivity index (χ3n) is 3.15. The Morgan fingerprint density at radius 1 is 0.654 bits per heavy atom. The normalized spacial score (nSPS) is 10.2. The Bertz CT molecular complexity index is 736. The van der Waals surface area contributed by atoms with Crippen LogP contribution in [0.1, 0.15) is 6.92 Å². The minimum atomic E-state index is -1.08. The Kier molecular flexibility index (Phi) is 9.18. The van der Waals surface area contributed by atoms with Crippen molar-refractivity contribution in [3.8, 4) is 0 Å². The fraction of sp³-hybridized carbons (Fsp3) is 0.0500. The van der Waals surface area contributed by atoms with Gasteiger partial charge in [0.05, 0.1) is 10.9 Å². The Morgan fingerprint density at radius 3 is 1.04 bits per heavy atom. The predicted octanol–water partition coefficient (Wildman–Crippen LogP) is 5.35. The summed E-state index contributed by atoms with van der Waals surface area (Å²) in [5.41, 5.74) is 0. The number of hydrogen-bond donors (Lipinski definition) is 0. The number of rotatable bonds is 3. The molecule has 134 valence electrons. The quantitative estimate of drug-likeness (QED) is 0.273. The van der Waals surface area contributed by atoms with Gasteiger partial charge in [-0.1, -0.05) is 0 Å². The molecule has 26 heavy (non-hydrogen) atoms. The number of benzene rings is 3. The third-order valence-corrected chi connectivity index (χ3v) is 7.54. The summed E-state index contributed by atoms with van der Waals surface area (Å²) in [5.74, 6) is -1.08. The van der Waals surface area contributed by atoms with Crippen molar-refractivity contribution in [3.63, 3.8) is 0 Å². The highest BCUT2D eigenvalue weighted by Gasteiger charge is 2.28. The fourth-order valence-corrected chi connectivity index (χ4v) is 5.24. The zero-order valence-corrected chi connectivity index (χ0v) is 21.1. The van der Waals surface area contributed by atoms with E-state index in [0.29, 0.717) is 0 Å². The van der Waals surface area contributed by atoms with Crippen LogP contribution in [0.2, 0.25) is 0 Å². The molecule has 0 spiro atoms. The van der Waals surface area contributed by atoms with E-state index in [9.17, 15) is 0 Å². The molecular weight excluding hydrogens is 685 g/mol. The first-order valence-electron chi connectivity index (χ1n) is 7.55. The number of carbonyl (C=O) groups excluding carboxylic acids is 1. The summed E-state index contributed by atoms with van der Waals surface area (Å²) in [4.78, 5) is 13.0. The average Bonchev–Trinajstić information content (AvgIpc) is 2.60. The second kappa shape index (κ2) is 10.9. The zero-order chi connectivity index (χ0) is 19.1. The van der Waals surface area contributed by atoms with Gasteiger partial charge in [-0.05, 0) is 147 Å². The summed E-state index contributed by atoms with van der Waals surface area (Å²) in [6.45, 7) is 0.972. The Labute approximate surface area is 197 Å². The molecule has 0 saturated heterocycles. The Balaban J connectivity index is 0.000000552. The number of carbonyl (C=O) groups is 1. The van der Waals surface area contributed by atoms with Crippen LogP contribution in [0.4, 0.5) is 0 Å². The van der Waals surface area contributed by atoms with E-state index in [1.165, 1.54) is 25.4 Å². The maximum atomic E-state index is 8.89. The van der Waals surface area contributed by atoms with Gasteiger partial charge in [-0.15, -0.1) is 0 Å². The standard InChI is InChI=1S/C18H12I3S.C2H4O2/c19-13-1-7-16(8-2-13)22(17-9-3-14(20)4-10-17)18-11-5-15(21)6-12-18;1-2(3)4/h1-12H;1H3,(H,3,4)/q+1;/p-1. The van der Waals surface area contributed by atoms with Crippen LogP contribution in [0.15, 0.2) is 87.5 Å². The van der Waals surface area contributed by atoms with Gasteiger partial charge in [0.2, 0.25) is 0 Å². The molecule has 0 aliphatic carbocycles. The van der Waals surface area contributed by atoms with Gasteiger partial charge in [-0.2, -0.15) is 0 Å². The van der Waals surface area contributed by atoms with Crippen molar-refractivity contribution in [1.29, 1.82) is 0 Å². The van der Waals surface area contributed by atoms with E-state index < -0.39 is 5.97 Å². The molecule has 0 aliphatic rings. The van der Waals surface area contributed by atoms with Crippen molar-refractivity contribution in [2.75, 3.05) is 0 Å². The van der Waals surface area contributed by atoms with Gasteiger partial charge < -0.3 is 9.90 Å². The highest BCUT2D eigenvalue weighted by atomic mass is 127. The molecule has 0 aliphatic heterocycles. The van der Waals surface area contributed by atoms with E-state index in [0.717, 1.165) is 6.92 Å². The van der Waals surface area contributed by atoms with Gasteiger partial charge in [0.25, 0.3) is 0 Å². The van der Waals surface area contributed by atoms with Gasteiger partial charge in [-0.3, -0.25) is 0 Å². The highest BCUT2D eigenvalue weighted by Crippen LogP contribution is 2.32. The zero-order valence-electron chi connectivity index (χ0n) is 13.8. The van der Waals surface area contributed by atoms with Crippen molar-refractivity contribution >= 4 is 84.6 Å². The first kappa shape index (κ1) is 22.0. The molecule has 6 heteroatoms. The van der Waals surface area contributed by atoms with Gasteiger partial charge >= 0.3 is 0 Å². The summed E-state index contributed by atoms with van der Waals surface area (Å²) in [5, 5.41) is 8.89. The lowest BCUT2D eigenvalue weighted by atomic mass is 10.4. The number of hydrogen-bond acceptors (Lipinski definition) is 2. The first-order valence-corrected chi connectivity index (χ1v) is 12.0. The van der Waals surface area contributed by atoms with E-state index in [4.69, 9.17) is 9.90 Å². The Hall–Kier alpha value is -0.330. The molecule has 3 aromatic carbocycles. The number of carboxylic acid groups (broad SMARTS) is 1. The van der Waals surface area contributed by atoms with Gasteiger partial charge in [0.1, 0.15) is 0 Å². The van der Waals surface area contributed by atoms with E-state index in [-0.39, 0.29) is 10.9 Å². The molecule has 0 unspecified atom stereocenters. The molecule has 0 atom stereocenters. The third kappa shape index (κ3) is 7.01. The summed E-state index contributed by atoms with van der Waals surface area (Å²) < 4.78 is 3.82. The van der Waals surface area contributed by atoms with Crippen molar-refractivity contribution < 1.29 is 9.90 Å². The summed E-state index contributed by atoms with van der Waals surface area (Å²) >= 11 is 7.08. The van der Waals surface area contributed by atoms with E-state index in [2.05, 4.69) is 141 Å². The molecule has 3 aromatic rings. The van der Waals surface area contributed by atoms with Crippen LogP contribution in [0, 0.1) is 10.7 Å². The minimum Gasteiger partial charge on any atom is -0.550 e. The lowest BCUT2D eigenvalue weighted by Crippen LogP contribution is -2.16. The Morgan fingerprint density at radius 2 is 0.846 bits per heavy atom. The molecule has 3 rings (SSSR count). The van der Waals surface area contributed by atoms with Gasteiger partial charge in [0.15, 0.2) is 14.7 Å². The van der Waals surface area contributed by atoms with Crippen LogP contribution in [0.3, 0.4) is 0 Å². The monoisotopic (exact) mass is 700 g/mol. The topological polar surface area (TPSA) is 40.1 Å². The molecular formula is C20H15I3O2S. The molecule has 0 amide bonds. The maximum Gasteiger partial charge on any atom is 0.166 e. The van der Waals surface area contributed by atoms with Gasteiger partial charge in [-0.25, -0.2) is 0 Å². The largest absolute Gasteiger partial charge is 0.550 e. The SMILES string of the molecule is CC(=O)[O-].Ic1ccc([S+](c2ccc(I)cc2)c2ccc(I)cc2)cc1. The van der Waals surface area contributed by atoms with Crippen molar-refractivity contribution in [2.24, 2.45) is 0 Å². The molecule has 0 bridgehead atoms. The van der Waals surface area contributed by atoms with E-state index >= 15 is 0 Å². The van der Waals surface area contributed by atoms with Crippen molar-refractivity contribution in [3.05, 3.63) is 83.5 Å². The first-order chi connectivity index (χ1) is 12.4. The second-order valence-electron chi connectivity index (χ2n) is 5.16. The molecule has 0 saturated carbocycles. The lowest BCUT2D eigenvalue weighted by molar-refractivity contribution is -0.302. The lowest BCUT2D eigenvalue weighted by Gasteiger charge is -2.08. The molecule has 0 fully saturated rings. The van der Waals surface area contributed by atoms with Gasteiger partial charge in [0, 0.05) is 16.7 Å². The molecule has 0 heterocycles. The van der Waals surface area contributed by atoms with Crippen LogP contribution >= 0.6 is 67.8 Å². The van der Waals surface area contributed by atoms with Crippen molar-refractivity contribution in [1.82, 2.24) is 0 Å². The average molecular weight is 700 g/mol. The maximum absolute atomic E-state index is 8.89. The fourth-order valence-electron chi connectivity index (χ4n) is 2.12. The van der Waals surface area contributed by atoms with Crippen LogP contribution in [-0.2, 0) is 15.7 Å². The number of carboxylic acids is 1. The minimum absolute atomic E-state index is 0.0494. The summed E-state index contributed by atoms with van der Waals surface area (Å²) in [7, 11) is -0.0494. The number of aliphatic carboxylic acids is 1. The summed E-state index contributed by atoms with van der Waals surface area (Å²) in [6, 6.07) is 26.6. The predicted molar refractivity (Wildman–Crippen MR) is 130 cm³/mol. The summed E-state index contributed by atoms with van der Waals surface area (Å²) in [6.07, 6.45) is 0. The highest BCUT2D eigenvalue weighted by molar-refractivity contribution is 14.1. The number of halogens is 3. The molecule has 0 aromatic heterocycles. The molecule has 0 radical (unpaired) electrons. The van der Waals surface area contributed by atoms with E-state index in [1.807, 2.05) is 0 Å². The molecule has 2 nitrogen and oxygen atoms in total. The smallest absolute Gasteiger partial charge is 0.166 e. The van der Waals surface area contributed by atoms with Crippen molar-refractivity contribution in [2.45, 2.75) is 21.6 Å². The van der Waals surface area contributed by atoms with Crippen LogP contribution in [0.25, 0.3) is 0 Å². The van der Waals surface area contributed by atoms with Crippen LogP contribution in [-0.4, -0.2) is 5.97 Å². The van der Waals surface area contributed by atoms with Crippen LogP contribution in [0.5, 0.6) is 0 Å². The van der Waals surface area contributed by atoms with E-state index in [1.54, 1.807) is 0 Å².